The van der Waals surface area contributed by atoms with Crippen molar-refractivity contribution in [2.75, 3.05) is 0 Å². The summed E-state index contributed by atoms with van der Waals surface area (Å²) in [6, 6.07) is -0.0162. The fourth-order valence-corrected chi connectivity index (χ4v) is 1.11. The van der Waals surface area contributed by atoms with E-state index in [1.54, 1.807) is 0 Å². The summed E-state index contributed by atoms with van der Waals surface area (Å²) in [6.45, 7) is 4.17. The van der Waals surface area contributed by atoms with Crippen LogP contribution in [-0.2, 0) is 4.79 Å². The molecule has 0 saturated carbocycles. The molecule has 0 aromatic heterocycles. The quantitative estimate of drug-likeness (QED) is 0.551. The van der Waals surface area contributed by atoms with E-state index in [0.717, 1.165) is 12.7 Å². The summed E-state index contributed by atoms with van der Waals surface area (Å²) in [6.07, 6.45) is 5.86. The van der Waals surface area contributed by atoms with Gasteiger partial charge in [-0.1, -0.05) is 19.9 Å². The zero-order valence-corrected chi connectivity index (χ0v) is 6.42. The summed E-state index contributed by atoms with van der Waals surface area (Å²) in [5.41, 5.74) is 0.0799. The Morgan fingerprint density at radius 3 is 2.80 bits per heavy atom. The number of rotatable bonds is 1. The number of aldehydes is 1. The Kier molecular flexibility index (Phi) is 1.79. The first-order valence-electron chi connectivity index (χ1n) is 3.53. The topological polar surface area (TPSA) is 29.1 Å². The van der Waals surface area contributed by atoms with Crippen molar-refractivity contribution < 1.29 is 4.79 Å². The monoisotopic (exact) mass is 139 g/mol. The van der Waals surface area contributed by atoms with Crippen LogP contribution in [0.25, 0.3) is 0 Å². The molecule has 0 fully saturated rings. The molecule has 1 unspecified atom stereocenters. The lowest BCUT2D eigenvalue weighted by molar-refractivity contribution is -0.111. The van der Waals surface area contributed by atoms with Gasteiger partial charge in [0.05, 0.1) is 6.04 Å². The Morgan fingerprint density at radius 2 is 2.40 bits per heavy atom. The summed E-state index contributed by atoms with van der Waals surface area (Å²) in [7, 11) is 0. The molecule has 0 aromatic carbocycles. The maximum Gasteiger partial charge on any atom is 0.142 e. The van der Waals surface area contributed by atoms with Gasteiger partial charge in [-0.3, -0.25) is 0 Å². The molecule has 0 aliphatic carbocycles. The predicted molar refractivity (Wildman–Crippen MR) is 40.5 cm³/mol. The lowest BCUT2D eigenvalue weighted by atomic mass is 9.80. The molecular formula is C8H13NO. The lowest BCUT2D eigenvalue weighted by Gasteiger charge is -2.32. The summed E-state index contributed by atoms with van der Waals surface area (Å²) >= 11 is 0. The van der Waals surface area contributed by atoms with Gasteiger partial charge in [-0.2, -0.15) is 0 Å². The normalized spacial score (nSPS) is 29.2. The molecule has 10 heavy (non-hydrogen) atoms. The lowest BCUT2D eigenvalue weighted by Crippen LogP contribution is -2.42. The van der Waals surface area contributed by atoms with Gasteiger partial charge in [0.1, 0.15) is 6.29 Å². The van der Waals surface area contributed by atoms with E-state index in [-0.39, 0.29) is 11.5 Å². The van der Waals surface area contributed by atoms with Gasteiger partial charge in [-0.15, -0.1) is 0 Å². The third-order valence-corrected chi connectivity index (χ3v) is 2.02. The Balaban J connectivity index is 2.72. The third-order valence-electron chi connectivity index (χ3n) is 2.02. The van der Waals surface area contributed by atoms with Gasteiger partial charge >= 0.3 is 0 Å². The number of hydrogen-bond donors (Lipinski definition) is 1. The first-order valence-corrected chi connectivity index (χ1v) is 3.53. The molecule has 1 heterocycles. The van der Waals surface area contributed by atoms with Gasteiger partial charge < -0.3 is 10.1 Å². The molecule has 1 N–H and O–H groups in total. The maximum absolute atomic E-state index is 10.5. The molecule has 1 aliphatic rings. The number of carbonyl (C=O) groups is 1. The molecule has 56 valence electrons. The Labute approximate surface area is 61.3 Å². The zero-order chi connectivity index (χ0) is 7.61. The number of allylic oxidation sites excluding steroid dienone is 1. The number of hydrogen-bond acceptors (Lipinski definition) is 2. The van der Waals surface area contributed by atoms with Crippen molar-refractivity contribution in [3.63, 3.8) is 0 Å². The molecule has 0 saturated heterocycles. The fraction of sp³-hybridized carbons (Fsp3) is 0.625. The van der Waals surface area contributed by atoms with E-state index in [1.165, 1.54) is 0 Å². The minimum absolute atomic E-state index is 0.0162. The van der Waals surface area contributed by atoms with Crippen LogP contribution in [-0.4, -0.2) is 12.3 Å². The van der Waals surface area contributed by atoms with Crippen molar-refractivity contribution in [1.29, 1.82) is 0 Å². The van der Waals surface area contributed by atoms with Crippen LogP contribution in [0.1, 0.15) is 20.3 Å². The Morgan fingerprint density at radius 1 is 1.70 bits per heavy atom. The van der Waals surface area contributed by atoms with Crippen molar-refractivity contribution in [2.45, 2.75) is 26.3 Å². The largest absolute Gasteiger partial charge is 0.381 e. The summed E-state index contributed by atoms with van der Waals surface area (Å²) < 4.78 is 0. The SMILES string of the molecule is CC1(C)CC=CNC1C=O. The molecule has 2 heteroatoms. The second-order valence-corrected chi connectivity index (χ2v) is 3.38. The van der Waals surface area contributed by atoms with Gasteiger partial charge in [-0.25, -0.2) is 0 Å². The molecule has 0 bridgehead atoms. The van der Waals surface area contributed by atoms with Crippen molar-refractivity contribution in [1.82, 2.24) is 5.32 Å². The minimum Gasteiger partial charge on any atom is -0.381 e. The molecule has 0 radical (unpaired) electrons. The molecule has 2 nitrogen and oxygen atoms in total. The highest BCUT2D eigenvalue weighted by molar-refractivity contribution is 5.59. The van der Waals surface area contributed by atoms with Gasteiger partial charge in [0.25, 0.3) is 0 Å². The van der Waals surface area contributed by atoms with Crippen LogP contribution in [0.15, 0.2) is 12.3 Å². The number of carbonyl (C=O) groups excluding carboxylic acids is 1. The van der Waals surface area contributed by atoms with Gasteiger partial charge in [-0.05, 0) is 18.0 Å². The second kappa shape index (κ2) is 2.45. The summed E-state index contributed by atoms with van der Waals surface area (Å²) in [5, 5.41) is 3.01. The molecule has 1 atom stereocenters. The van der Waals surface area contributed by atoms with E-state index >= 15 is 0 Å². The smallest absolute Gasteiger partial charge is 0.142 e. The first kappa shape index (κ1) is 7.32. The van der Waals surface area contributed by atoms with Crippen LogP contribution >= 0.6 is 0 Å². The van der Waals surface area contributed by atoms with Crippen LogP contribution < -0.4 is 5.32 Å². The number of nitrogens with one attached hydrogen (secondary N) is 1. The fourth-order valence-electron chi connectivity index (χ4n) is 1.11. The van der Waals surface area contributed by atoms with Crippen molar-refractivity contribution in [3.8, 4) is 0 Å². The predicted octanol–water partition coefficient (Wildman–Crippen LogP) is 1.09. The standard InChI is InChI=1S/C8H13NO/c1-8(2)4-3-5-9-7(8)6-10/h3,5-7,9H,4H2,1-2H3. The van der Waals surface area contributed by atoms with Gasteiger partial charge in [0, 0.05) is 0 Å². The van der Waals surface area contributed by atoms with Gasteiger partial charge in [0.15, 0.2) is 0 Å². The van der Waals surface area contributed by atoms with Crippen molar-refractivity contribution in [2.24, 2.45) is 5.41 Å². The van der Waals surface area contributed by atoms with E-state index in [9.17, 15) is 4.79 Å². The highest BCUT2D eigenvalue weighted by Gasteiger charge is 2.28. The molecule has 1 rings (SSSR count). The Hall–Kier alpha value is -0.790. The Bertz CT molecular complexity index is 161. The molecule has 0 spiro atoms. The highest BCUT2D eigenvalue weighted by atomic mass is 16.1. The van der Waals surface area contributed by atoms with E-state index in [4.69, 9.17) is 0 Å². The summed E-state index contributed by atoms with van der Waals surface area (Å²) in [5.74, 6) is 0. The minimum atomic E-state index is -0.0162. The molecular weight excluding hydrogens is 126 g/mol. The third kappa shape index (κ3) is 1.20. The molecule has 1 aliphatic heterocycles. The average molecular weight is 139 g/mol. The van der Waals surface area contributed by atoms with Crippen molar-refractivity contribution in [3.05, 3.63) is 12.3 Å². The molecule has 0 aromatic rings. The van der Waals surface area contributed by atoms with E-state index in [1.807, 2.05) is 6.20 Å². The van der Waals surface area contributed by atoms with Crippen LogP contribution in [0, 0.1) is 5.41 Å². The second-order valence-electron chi connectivity index (χ2n) is 3.38. The zero-order valence-electron chi connectivity index (χ0n) is 6.42. The first-order chi connectivity index (χ1) is 4.67. The molecule has 0 amide bonds. The van der Waals surface area contributed by atoms with Crippen LogP contribution in [0.3, 0.4) is 0 Å². The van der Waals surface area contributed by atoms with Gasteiger partial charge in [0.2, 0.25) is 0 Å². The van der Waals surface area contributed by atoms with E-state index in [0.29, 0.717) is 0 Å². The van der Waals surface area contributed by atoms with Crippen LogP contribution in [0.2, 0.25) is 0 Å². The maximum atomic E-state index is 10.5. The average Bonchev–Trinajstić information content (AvgIpc) is 1.87. The van der Waals surface area contributed by atoms with Crippen LogP contribution in [0.5, 0.6) is 0 Å². The van der Waals surface area contributed by atoms with E-state index in [2.05, 4.69) is 25.2 Å². The highest BCUT2D eigenvalue weighted by Crippen LogP contribution is 2.26. The van der Waals surface area contributed by atoms with E-state index < -0.39 is 0 Å². The summed E-state index contributed by atoms with van der Waals surface area (Å²) in [4.78, 5) is 10.5. The van der Waals surface area contributed by atoms with Crippen molar-refractivity contribution >= 4 is 6.29 Å². The van der Waals surface area contributed by atoms with Crippen LogP contribution in [0.4, 0.5) is 0 Å².